The summed E-state index contributed by atoms with van der Waals surface area (Å²) < 4.78 is 73.5. The third-order valence-corrected chi connectivity index (χ3v) is 8.05. The number of halogens is 5. The standard InChI is InChI=1S/C27H26F5N5O3S/c1-2-11-39-22-5-3-4-17(28)24(22)37-20(8-12-40-37)19-15-41-27(33-19)16-6-9-35(10-7-16)23(38)14-36-21(26(31)32)13-18(34-36)25(29)30/h1,3-5,13,15-16,20,25-26H,6-12,14H2. The van der Waals surface area contributed by atoms with Crippen molar-refractivity contribution in [2.75, 3.05) is 31.4 Å². The van der Waals surface area contributed by atoms with Crippen LogP contribution in [0.3, 0.4) is 0 Å². The van der Waals surface area contributed by atoms with E-state index in [4.69, 9.17) is 21.0 Å². The van der Waals surface area contributed by atoms with Gasteiger partial charge in [-0.05, 0) is 31.0 Å². The molecule has 0 saturated carbocycles. The van der Waals surface area contributed by atoms with Gasteiger partial charge in [0.1, 0.15) is 42.0 Å². The number of benzene rings is 1. The normalized spacial score (nSPS) is 18.0. The monoisotopic (exact) mass is 595 g/mol. The van der Waals surface area contributed by atoms with E-state index in [-0.39, 0.29) is 30.0 Å². The molecule has 2 aliphatic rings. The molecule has 14 heteroatoms. The van der Waals surface area contributed by atoms with Gasteiger partial charge in [-0.2, -0.15) is 5.10 Å². The molecule has 2 aromatic heterocycles. The summed E-state index contributed by atoms with van der Waals surface area (Å²) in [6, 6.07) is 4.75. The molecule has 1 atom stereocenters. The Kier molecular flexibility index (Phi) is 8.74. The van der Waals surface area contributed by atoms with E-state index in [1.807, 2.05) is 5.38 Å². The lowest BCUT2D eigenvalue weighted by Crippen LogP contribution is -2.40. The molecular formula is C27H26F5N5O3S. The fourth-order valence-electron chi connectivity index (χ4n) is 5.01. The number of piperidine rings is 1. The third-order valence-electron chi connectivity index (χ3n) is 7.03. The average Bonchev–Trinajstić information content (AvgIpc) is 3.72. The molecule has 0 radical (unpaired) electrons. The zero-order chi connectivity index (χ0) is 29.1. The molecule has 0 spiro atoms. The van der Waals surface area contributed by atoms with Gasteiger partial charge in [0.15, 0.2) is 5.82 Å². The Bertz CT molecular complexity index is 1420. The Morgan fingerprint density at radius 3 is 2.68 bits per heavy atom. The number of nitrogens with zero attached hydrogens (tertiary/aromatic N) is 5. The summed E-state index contributed by atoms with van der Waals surface area (Å²) in [5.41, 5.74) is -0.627. The first kappa shape index (κ1) is 28.8. The first-order valence-corrected chi connectivity index (χ1v) is 13.8. The van der Waals surface area contributed by atoms with Gasteiger partial charge in [0.2, 0.25) is 5.91 Å². The Balaban J connectivity index is 1.23. The van der Waals surface area contributed by atoms with Gasteiger partial charge in [0, 0.05) is 30.8 Å². The molecule has 8 nitrogen and oxygen atoms in total. The Hall–Kier alpha value is -3.70. The van der Waals surface area contributed by atoms with E-state index >= 15 is 0 Å². The van der Waals surface area contributed by atoms with Gasteiger partial charge >= 0.3 is 0 Å². The molecule has 3 aromatic rings. The smallest absolute Gasteiger partial charge is 0.282 e. The van der Waals surface area contributed by atoms with E-state index in [0.29, 0.717) is 49.7 Å². The molecule has 1 amide bonds. The highest BCUT2D eigenvalue weighted by Crippen LogP contribution is 2.42. The highest BCUT2D eigenvalue weighted by atomic mass is 32.1. The Morgan fingerprint density at radius 2 is 1.98 bits per heavy atom. The maximum absolute atomic E-state index is 14.9. The number of terminal acetylenes is 1. The number of carbonyl (C=O) groups excluding carboxylic acids is 1. The van der Waals surface area contributed by atoms with Crippen molar-refractivity contribution in [2.45, 2.75) is 50.6 Å². The lowest BCUT2D eigenvalue weighted by Gasteiger charge is -2.31. The molecule has 41 heavy (non-hydrogen) atoms. The van der Waals surface area contributed by atoms with Crippen molar-refractivity contribution in [3.63, 3.8) is 0 Å². The summed E-state index contributed by atoms with van der Waals surface area (Å²) in [6.07, 6.45) is 1.01. The summed E-state index contributed by atoms with van der Waals surface area (Å²) in [5.74, 6) is 1.71. The molecule has 1 aromatic carbocycles. The minimum atomic E-state index is -3.03. The number of ether oxygens (including phenoxy) is 1. The van der Waals surface area contributed by atoms with Gasteiger partial charge in [-0.1, -0.05) is 12.0 Å². The van der Waals surface area contributed by atoms with Crippen molar-refractivity contribution in [3.8, 4) is 18.1 Å². The number of carbonyl (C=O) groups is 1. The SMILES string of the molecule is C#CCOc1cccc(F)c1N1OCCC1c1csc(C2CCN(C(=O)Cn3nc(C(F)F)cc3C(F)F)CC2)n1. The minimum Gasteiger partial charge on any atom is -0.479 e. The molecule has 0 bridgehead atoms. The molecule has 1 unspecified atom stereocenters. The molecule has 2 fully saturated rings. The summed E-state index contributed by atoms with van der Waals surface area (Å²) in [5, 5.41) is 7.75. The zero-order valence-electron chi connectivity index (χ0n) is 21.7. The largest absolute Gasteiger partial charge is 0.479 e. The average molecular weight is 596 g/mol. The van der Waals surface area contributed by atoms with Crippen LogP contribution in [0.15, 0.2) is 29.6 Å². The van der Waals surface area contributed by atoms with Gasteiger partial charge in [0.25, 0.3) is 12.9 Å². The van der Waals surface area contributed by atoms with Crippen LogP contribution >= 0.6 is 11.3 Å². The highest BCUT2D eigenvalue weighted by molar-refractivity contribution is 7.09. The fraction of sp³-hybridized carbons (Fsp3) is 0.444. The van der Waals surface area contributed by atoms with Crippen LogP contribution in [0.1, 0.15) is 66.2 Å². The molecule has 2 aliphatic heterocycles. The van der Waals surface area contributed by atoms with Gasteiger partial charge in [-0.3, -0.25) is 14.3 Å². The van der Waals surface area contributed by atoms with Gasteiger partial charge in [-0.25, -0.2) is 32.0 Å². The lowest BCUT2D eigenvalue weighted by atomic mass is 9.97. The molecular weight excluding hydrogens is 569 g/mol. The Labute approximate surface area is 236 Å². The number of hydrogen-bond donors (Lipinski definition) is 0. The van der Waals surface area contributed by atoms with E-state index in [0.717, 1.165) is 10.7 Å². The number of thiazole rings is 1. The predicted octanol–water partition coefficient (Wildman–Crippen LogP) is 5.66. The van der Waals surface area contributed by atoms with Crippen LogP contribution in [-0.4, -0.2) is 51.9 Å². The second-order valence-electron chi connectivity index (χ2n) is 9.56. The first-order valence-electron chi connectivity index (χ1n) is 12.9. The van der Waals surface area contributed by atoms with E-state index in [1.54, 1.807) is 6.07 Å². The molecule has 0 N–H and O–H groups in total. The van der Waals surface area contributed by atoms with Crippen molar-refractivity contribution in [3.05, 3.63) is 57.6 Å². The van der Waals surface area contributed by atoms with Crippen LogP contribution in [0.25, 0.3) is 0 Å². The predicted molar refractivity (Wildman–Crippen MR) is 139 cm³/mol. The number of anilines is 1. The number of rotatable bonds is 9. The molecule has 5 rings (SSSR count). The van der Waals surface area contributed by atoms with Crippen LogP contribution in [0.2, 0.25) is 0 Å². The van der Waals surface area contributed by atoms with Crippen molar-refractivity contribution in [1.82, 2.24) is 19.7 Å². The van der Waals surface area contributed by atoms with Crippen molar-refractivity contribution in [2.24, 2.45) is 0 Å². The van der Waals surface area contributed by atoms with Crippen LogP contribution in [0.4, 0.5) is 27.6 Å². The maximum atomic E-state index is 14.9. The first-order chi connectivity index (χ1) is 19.8. The second kappa shape index (κ2) is 12.4. The quantitative estimate of drug-likeness (QED) is 0.235. The van der Waals surface area contributed by atoms with Crippen molar-refractivity contribution < 1.29 is 36.3 Å². The van der Waals surface area contributed by atoms with Crippen LogP contribution in [0.5, 0.6) is 5.75 Å². The number of para-hydroxylation sites is 1. The maximum Gasteiger partial charge on any atom is 0.282 e. The van der Waals surface area contributed by atoms with Crippen LogP contribution in [-0.2, 0) is 16.2 Å². The summed E-state index contributed by atoms with van der Waals surface area (Å²) in [6.45, 7) is 0.510. The van der Waals surface area contributed by atoms with Crippen molar-refractivity contribution >= 4 is 22.9 Å². The number of amides is 1. The minimum absolute atomic E-state index is 0.0247. The van der Waals surface area contributed by atoms with Crippen LogP contribution < -0.4 is 9.80 Å². The number of alkyl halides is 4. The van der Waals surface area contributed by atoms with Gasteiger partial charge < -0.3 is 9.64 Å². The Morgan fingerprint density at radius 1 is 1.20 bits per heavy atom. The van der Waals surface area contributed by atoms with Gasteiger partial charge in [0.05, 0.1) is 17.3 Å². The van der Waals surface area contributed by atoms with E-state index < -0.39 is 42.5 Å². The van der Waals surface area contributed by atoms with Crippen molar-refractivity contribution in [1.29, 1.82) is 0 Å². The summed E-state index contributed by atoms with van der Waals surface area (Å²) in [4.78, 5) is 24.9. The summed E-state index contributed by atoms with van der Waals surface area (Å²) in [7, 11) is 0. The van der Waals surface area contributed by atoms with Gasteiger partial charge in [-0.15, -0.1) is 17.8 Å². The number of aromatic nitrogens is 3. The number of likely N-dealkylation sites (tertiary alicyclic amines) is 1. The molecule has 4 heterocycles. The molecule has 218 valence electrons. The molecule has 2 saturated heterocycles. The topological polar surface area (TPSA) is 72.7 Å². The van der Waals surface area contributed by atoms with E-state index in [1.165, 1.54) is 33.4 Å². The third kappa shape index (κ3) is 6.15. The fourth-order valence-corrected chi connectivity index (χ4v) is 6.05. The number of hydroxylamine groups is 1. The van der Waals surface area contributed by atoms with E-state index in [2.05, 4.69) is 11.0 Å². The lowest BCUT2D eigenvalue weighted by molar-refractivity contribution is -0.133. The second-order valence-corrected chi connectivity index (χ2v) is 10.5. The molecule has 0 aliphatic carbocycles. The van der Waals surface area contributed by atoms with E-state index in [9.17, 15) is 26.7 Å². The zero-order valence-corrected chi connectivity index (χ0v) is 22.5. The number of hydrogen-bond acceptors (Lipinski definition) is 7. The summed E-state index contributed by atoms with van der Waals surface area (Å²) >= 11 is 1.47. The highest BCUT2D eigenvalue weighted by Gasteiger charge is 2.35. The van der Waals surface area contributed by atoms with Crippen LogP contribution in [0, 0.1) is 18.2 Å².